The summed E-state index contributed by atoms with van der Waals surface area (Å²) in [5.74, 6) is 0.175. The quantitative estimate of drug-likeness (QED) is 0.910. The third-order valence-corrected chi connectivity index (χ3v) is 5.10. The minimum Gasteiger partial charge on any atom is -0.350 e. The molecule has 1 aromatic carbocycles. The van der Waals surface area contributed by atoms with Crippen molar-refractivity contribution in [1.82, 2.24) is 5.32 Å². The fraction of sp³-hybridized carbons (Fsp3) is 0.400. The van der Waals surface area contributed by atoms with Crippen LogP contribution in [0.2, 0.25) is 0 Å². The molecular formula is C15H17FN2OS. The molecule has 1 unspecified atom stereocenters. The van der Waals surface area contributed by atoms with E-state index < -0.39 is 0 Å². The van der Waals surface area contributed by atoms with Gasteiger partial charge in [0.25, 0.3) is 5.91 Å². The first-order chi connectivity index (χ1) is 9.56. The zero-order valence-corrected chi connectivity index (χ0v) is 12.1. The van der Waals surface area contributed by atoms with Crippen LogP contribution in [0.25, 0.3) is 10.1 Å². The van der Waals surface area contributed by atoms with Gasteiger partial charge in [0.2, 0.25) is 0 Å². The van der Waals surface area contributed by atoms with E-state index in [4.69, 9.17) is 5.73 Å². The lowest BCUT2D eigenvalue weighted by Crippen LogP contribution is -2.38. The average molecular weight is 292 g/mol. The molecule has 3 nitrogen and oxygen atoms in total. The molecule has 1 fully saturated rings. The van der Waals surface area contributed by atoms with Crippen molar-refractivity contribution in [2.24, 2.45) is 11.7 Å². The SMILES string of the molecule is Cc1c(C(=O)NCC(N)C2CC2)sc2ccc(F)cc12. The summed E-state index contributed by atoms with van der Waals surface area (Å²) in [6.45, 7) is 2.36. The van der Waals surface area contributed by atoms with Crippen LogP contribution in [0.4, 0.5) is 4.39 Å². The number of thiophene rings is 1. The summed E-state index contributed by atoms with van der Waals surface area (Å²) in [6.07, 6.45) is 2.33. The third kappa shape index (κ3) is 2.55. The van der Waals surface area contributed by atoms with E-state index in [9.17, 15) is 9.18 Å². The van der Waals surface area contributed by atoms with E-state index in [0.717, 1.165) is 28.5 Å². The highest BCUT2D eigenvalue weighted by Gasteiger charge is 2.28. The van der Waals surface area contributed by atoms with Gasteiger partial charge in [-0.2, -0.15) is 0 Å². The first kappa shape index (κ1) is 13.5. The van der Waals surface area contributed by atoms with Gasteiger partial charge in [-0.1, -0.05) is 0 Å². The molecule has 1 aromatic heterocycles. The number of halogens is 1. The molecule has 106 valence electrons. The van der Waals surface area contributed by atoms with Crippen LogP contribution < -0.4 is 11.1 Å². The number of rotatable bonds is 4. The van der Waals surface area contributed by atoms with Crippen LogP contribution >= 0.6 is 11.3 Å². The summed E-state index contributed by atoms with van der Waals surface area (Å²) in [5, 5.41) is 3.70. The third-order valence-electron chi connectivity index (χ3n) is 3.83. The molecule has 1 amide bonds. The number of nitrogens with one attached hydrogen (secondary N) is 1. The summed E-state index contributed by atoms with van der Waals surface area (Å²) in [6, 6.07) is 4.66. The molecular weight excluding hydrogens is 275 g/mol. The Labute approximate surface area is 121 Å². The van der Waals surface area contributed by atoms with Crippen LogP contribution in [0.1, 0.15) is 28.1 Å². The lowest BCUT2D eigenvalue weighted by molar-refractivity contribution is 0.0954. The molecule has 0 aliphatic heterocycles. The maximum absolute atomic E-state index is 13.3. The second kappa shape index (κ2) is 5.14. The Kier molecular flexibility index (Phi) is 3.48. The molecule has 2 aromatic rings. The number of fused-ring (bicyclic) bond motifs is 1. The van der Waals surface area contributed by atoms with E-state index >= 15 is 0 Å². The fourth-order valence-electron chi connectivity index (χ4n) is 2.39. The molecule has 0 radical (unpaired) electrons. The molecule has 1 heterocycles. The Morgan fingerprint density at radius 2 is 2.30 bits per heavy atom. The van der Waals surface area contributed by atoms with Crippen molar-refractivity contribution in [3.8, 4) is 0 Å². The summed E-state index contributed by atoms with van der Waals surface area (Å²) >= 11 is 1.40. The molecule has 0 spiro atoms. The molecule has 5 heteroatoms. The number of carbonyl (C=O) groups excluding carboxylic acids is 1. The minimum atomic E-state index is -0.277. The van der Waals surface area contributed by atoms with Crippen molar-refractivity contribution in [2.75, 3.05) is 6.54 Å². The molecule has 1 aliphatic rings. The predicted octanol–water partition coefficient (Wildman–Crippen LogP) is 2.82. The number of nitrogens with two attached hydrogens (primary N) is 1. The van der Waals surface area contributed by atoms with Gasteiger partial charge in [0.05, 0.1) is 4.88 Å². The van der Waals surface area contributed by atoms with Crippen molar-refractivity contribution in [3.05, 3.63) is 34.5 Å². The lowest BCUT2D eigenvalue weighted by Gasteiger charge is -2.11. The average Bonchev–Trinajstić information content (AvgIpc) is 3.22. The number of aryl methyl sites for hydroxylation is 1. The zero-order valence-electron chi connectivity index (χ0n) is 11.3. The summed E-state index contributed by atoms with van der Waals surface area (Å²) in [7, 11) is 0. The maximum atomic E-state index is 13.3. The van der Waals surface area contributed by atoms with Crippen LogP contribution in [-0.2, 0) is 0 Å². The highest BCUT2D eigenvalue weighted by atomic mass is 32.1. The van der Waals surface area contributed by atoms with Gasteiger partial charge in [0, 0.05) is 17.3 Å². The van der Waals surface area contributed by atoms with Gasteiger partial charge >= 0.3 is 0 Å². The number of carbonyl (C=O) groups is 1. The van der Waals surface area contributed by atoms with Crippen molar-refractivity contribution in [1.29, 1.82) is 0 Å². The Hall–Kier alpha value is -1.46. The predicted molar refractivity (Wildman–Crippen MR) is 79.6 cm³/mol. The molecule has 0 saturated heterocycles. The van der Waals surface area contributed by atoms with Gasteiger partial charge < -0.3 is 11.1 Å². The summed E-state index contributed by atoms with van der Waals surface area (Å²) in [4.78, 5) is 12.9. The molecule has 0 bridgehead atoms. The molecule has 1 aliphatic carbocycles. The zero-order chi connectivity index (χ0) is 14.3. The smallest absolute Gasteiger partial charge is 0.261 e. The van der Waals surface area contributed by atoms with Gasteiger partial charge in [-0.15, -0.1) is 11.3 Å². The molecule has 3 rings (SSSR count). The highest BCUT2D eigenvalue weighted by molar-refractivity contribution is 7.21. The van der Waals surface area contributed by atoms with Gasteiger partial charge in [-0.05, 0) is 54.8 Å². The lowest BCUT2D eigenvalue weighted by atomic mass is 10.1. The Morgan fingerprint density at radius 3 is 3.00 bits per heavy atom. The second-order valence-electron chi connectivity index (χ2n) is 5.41. The summed E-state index contributed by atoms with van der Waals surface area (Å²) < 4.78 is 14.2. The Morgan fingerprint density at radius 1 is 1.55 bits per heavy atom. The minimum absolute atomic E-state index is 0.0473. The molecule has 20 heavy (non-hydrogen) atoms. The van der Waals surface area contributed by atoms with Crippen molar-refractivity contribution in [2.45, 2.75) is 25.8 Å². The van der Waals surface area contributed by atoms with Gasteiger partial charge in [-0.25, -0.2) is 4.39 Å². The van der Waals surface area contributed by atoms with Crippen molar-refractivity contribution < 1.29 is 9.18 Å². The second-order valence-corrected chi connectivity index (χ2v) is 6.46. The van der Waals surface area contributed by atoms with E-state index in [0.29, 0.717) is 17.3 Å². The fourth-order valence-corrected chi connectivity index (χ4v) is 3.50. The largest absolute Gasteiger partial charge is 0.350 e. The highest BCUT2D eigenvalue weighted by Crippen LogP contribution is 2.32. The van der Waals surface area contributed by atoms with E-state index in [2.05, 4.69) is 5.32 Å². The Bertz CT molecular complexity index is 663. The number of amides is 1. The van der Waals surface area contributed by atoms with Crippen molar-refractivity contribution >= 4 is 27.3 Å². The van der Waals surface area contributed by atoms with E-state index in [1.807, 2.05) is 6.92 Å². The molecule has 3 N–H and O–H groups in total. The molecule has 1 saturated carbocycles. The van der Waals surface area contributed by atoms with Gasteiger partial charge in [0.1, 0.15) is 5.82 Å². The monoisotopic (exact) mass is 292 g/mol. The van der Waals surface area contributed by atoms with Gasteiger partial charge in [0.15, 0.2) is 0 Å². The van der Waals surface area contributed by atoms with Crippen molar-refractivity contribution in [3.63, 3.8) is 0 Å². The van der Waals surface area contributed by atoms with Crippen LogP contribution in [0.15, 0.2) is 18.2 Å². The maximum Gasteiger partial charge on any atom is 0.261 e. The first-order valence-electron chi connectivity index (χ1n) is 6.78. The summed E-state index contributed by atoms with van der Waals surface area (Å²) in [5.41, 5.74) is 6.81. The van der Waals surface area contributed by atoms with Crippen LogP contribution in [0.5, 0.6) is 0 Å². The van der Waals surface area contributed by atoms with Crippen LogP contribution in [0, 0.1) is 18.7 Å². The van der Waals surface area contributed by atoms with Crippen LogP contribution in [-0.4, -0.2) is 18.5 Å². The van der Waals surface area contributed by atoms with Crippen LogP contribution in [0.3, 0.4) is 0 Å². The topological polar surface area (TPSA) is 55.1 Å². The van der Waals surface area contributed by atoms with E-state index in [1.54, 1.807) is 6.07 Å². The standard InChI is InChI=1S/C15H17FN2OS/c1-8-11-6-10(16)4-5-13(11)20-14(8)15(19)18-7-12(17)9-2-3-9/h4-6,9,12H,2-3,7,17H2,1H3,(H,18,19). The van der Waals surface area contributed by atoms with E-state index in [-0.39, 0.29) is 17.8 Å². The number of hydrogen-bond donors (Lipinski definition) is 2. The number of benzene rings is 1. The first-order valence-corrected chi connectivity index (χ1v) is 7.60. The number of hydrogen-bond acceptors (Lipinski definition) is 3. The van der Waals surface area contributed by atoms with E-state index in [1.165, 1.54) is 23.5 Å². The normalized spacial score (nSPS) is 16.4. The molecule has 1 atom stereocenters. The van der Waals surface area contributed by atoms with Gasteiger partial charge in [-0.3, -0.25) is 4.79 Å². The Balaban J connectivity index is 1.78.